The first-order valence-electron chi connectivity index (χ1n) is 3.66. The predicted molar refractivity (Wildman–Crippen MR) is 44.8 cm³/mol. The molecule has 0 aromatic heterocycles. The van der Waals surface area contributed by atoms with Crippen LogP contribution >= 0.6 is 0 Å². The summed E-state index contributed by atoms with van der Waals surface area (Å²) in [6.07, 6.45) is 0.136. The number of halogens is 1. The number of phenolic OH excluding ortho intramolecular Hbond substituents is 1. The van der Waals surface area contributed by atoms with Crippen molar-refractivity contribution >= 4 is 12.3 Å². The monoisotopic (exact) mass is 198 g/mol. The molecule has 1 rings (SSSR count). The minimum Gasteiger partial charge on any atom is -0.507 e. The molecule has 1 N–H and O–H groups in total. The maximum atomic E-state index is 13.3. The first-order valence-corrected chi connectivity index (χ1v) is 3.66. The molecule has 0 fully saturated rings. The zero-order chi connectivity index (χ0) is 10.7. The highest BCUT2D eigenvalue weighted by Gasteiger charge is 2.17. The van der Waals surface area contributed by atoms with Crippen molar-refractivity contribution in [1.82, 2.24) is 0 Å². The molecule has 74 valence electrons. The fraction of sp³-hybridized carbons (Fsp3) is 0.111. The molecule has 0 aliphatic rings. The van der Waals surface area contributed by atoms with Crippen LogP contribution in [0.5, 0.6) is 5.75 Å². The highest BCUT2D eigenvalue weighted by Crippen LogP contribution is 2.21. The maximum Gasteiger partial charge on any atom is 0.340 e. The summed E-state index contributed by atoms with van der Waals surface area (Å²) in [5, 5.41) is 9.05. The van der Waals surface area contributed by atoms with Crippen LogP contribution in [-0.2, 0) is 4.74 Å². The second-order valence-corrected chi connectivity index (χ2v) is 2.47. The van der Waals surface area contributed by atoms with Gasteiger partial charge in [-0.2, -0.15) is 0 Å². The van der Waals surface area contributed by atoms with Crippen molar-refractivity contribution in [2.45, 2.75) is 0 Å². The normalized spacial score (nSPS) is 9.57. The van der Waals surface area contributed by atoms with Gasteiger partial charge >= 0.3 is 5.97 Å². The van der Waals surface area contributed by atoms with Gasteiger partial charge in [0.15, 0.2) is 12.1 Å². The molecular formula is C9H7FO4. The Morgan fingerprint density at radius 1 is 1.57 bits per heavy atom. The van der Waals surface area contributed by atoms with Crippen molar-refractivity contribution in [2.75, 3.05) is 7.11 Å². The molecule has 0 bridgehead atoms. The Kier molecular flexibility index (Phi) is 2.81. The van der Waals surface area contributed by atoms with E-state index in [2.05, 4.69) is 4.74 Å². The molecule has 1 aromatic carbocycles. The number of esters is 1. The molecular weight excluding hydrogens is 191 g/mol. The van der Waals surface area contributed by atoms with Crippen LogP contribution in [0, 0.1) is 5.82 Å². The van der Waals surface area contributed by atoms with E-state index < -0.39 is 23.1 Å². The minimum absolute atomic E-state index is 0.136. The molecule has 0 spiro atoms. The third kappa shape index (κ3) is 1.56. The van der Waals surface area contributed by atoms with E-state index in [-0.39, 0.29) is 11.8 Å². The van der Waals surface area contributed by atoms with Gasteiger partial charge in [-0.3, -0.25) is 4.79 Å². The summed E-state index contributed by atoms with van der Waals surface area (Å²) in [7, 11) is 1.09. The summed E-state index contributed by atoms with van der Waals surface area (Å²) in [4.78, 5) is 21.3. The molecule has 0 aliphatic carbocycles. The molecule has 0 saturated carbocycles. The molecule has 0 atom stereocenters. The van der Waals surface area contributed by atoms with Crippen molar-refractivity contribution in [2.24, 2.45) is 0 Å². The number of phenols is 1. The van der Waals surface area contributed by atoms with Crippen molar-refractivity contribution in [3.63, 3.8) is 0 Å². The van der Waals surface area contributed by atoms with Gasteiger partial charge in [0.25, 0.3) is 0 Å². The van der Waals surface area contributed by atoms with Crippen molar-refractivity contribution in [1.29, 1.82) is 0 Å². The number of carbonyl (C=O) groups is 2. The molecule has 0 saturated heterocycles. The number of aromatic hydroxyl groups is 1. The van der Waals surface area contributed by atoms with Crippen LogP contribution in [-0.4, -0.2) is 24.5 Å². The maximum absolute atomic E-state index is 13.3. The summed E-state index contributed by atoms with van der Waals surface area (Å²) in [6.45, 7) is 0. The fourth-order valence-corrected chi connectivity index (χ4v) is 0.962. The van der Waals surface area contributed by atoms with Crippen LogP contribution in [0.1, 0.15) is 20.7 Å². The third-order valence-corrected chi connectivity index (χ3v) is 1.68. The van der Waals surface area contributed by atoms with E-state index in [4.69, 9.17) is 5.11 Å². The zero-order valence-electron chi connectivity index (χ0n) is 7.28. The average molecular weight is 198 g/mol. The van der Waals surface area contributed by atoms with Gasteiger partial charge in [-0.1, -0.05) is 0 Å². The molecule has 0 aliphatic heterocycles. The molecule has 0 unspecified atom stereocenters. The standard InChI is InChI=1S/C9H7FO4/c1-14-9(13)5-2-3-7(12)6(4-11)8(5)10/h2-4,12H,1H3. The van der Waals surface area contributed by atoms with Gasteiger partial charge in [0, 0.05) is 0 Å². The second kappa shape index (κ2) is 3.87. The number of hydrogen-bond acceptors (Lipinski definition) is 4. The van der Waals surface area contributed by atoms with Crippen LogP contribution in [0.25, 0.3) is 0 Å². The van der Waals surface area contributed by atoms with E-state index in [9.17, 15) is 14.0 Å². The number of benzene rings is 1. The summed E-state index contributed by atoms with van der Waals surface area (Å²) in [5.41, 5.74) is -0.930. The lowest BCUT2D eigenvalue weighted by molar-refractivity contribution is 0.0595. The molecule has 14 heavy (non-hydrogen) atoms. The van der Waals surface area contributed by atoms with E-state index >= 15 is 0 Å². The van der Waals surface area contributed by atoms with E-state index in [1.807, 2.05) is 0 Å². The van der Waals surface area contributed by atoms with E-state index in [0.29, 0.717) is 0 Å². The highest BCUT2D eigenvalue weighted by molar-refractivity contribution is 5.93. The van der Waals surface area contributed by atoms with E-state index in [1.165, 1.54) is 0 Å². The first-order chi connectivity index (χ1) is 6.61. The quantitative estimate of drug-likeness (QED) is 0.571. The van der Waals surface area contributed by atoms with E-state index in [1.54, 1.807) is 0 Å². The van der Waals surface area contributed by atoms with Crippen molar-refractivity contribution in [3.05, 3.63) is 29.1 Å². The van der Waals surface area contributed by atoms with Crippen LogP contribution in [0.2, 0.25) is 0 Å². The van der Waals surface area contributed by atoms with Gasteiger partial charge in [0.1, 0.15) is 5.75 Å². The molecule has 4 nitrogen and oxygen atoms in total. The highest BCUT2D eigenvalue weighted by atomic mass is 19.1. The number of aldehydes is 1. The SMILES string of the molecule is COC(=O)c1ccc(O)c(C=O)c1F. The molecule has 0 radical (unpaired) electrons. The Morgan fingerprint density at radius 3 is 2.71 bits per heavy atom. The van der Waals surface area contributed by atoms with Crippen LogP contribution in [0.15, 0.2) is 12.1 Å². The summed E-state index contributed by atoms with van der Waals surface area (Å²) >= 11 is 0. The van der Waals surface area contributed by atoms with Gasteiger partial charge in [-0.25, -0.2) is 9.18 Å². The Hall–Kier alpha value is -1.91. The number of hydrogen-bond donors (Lipinski definition) is 1. The average Bonchev–Trinajstić information content (AvgIpc) is 2.18. The van der Waals surface area contributed by atoms with Crippen LogP contribution in [0.3, 0.4) is 0 Å². The Morgan fingerprint density at radius 2 is 2.21 bits per heavy atom. The van der Waals surface area contributed by atoms with Gasteiger partial charge in [0.05, 0.1) is 18.2 Å². The number of ether oxygens (including phenoxy) is 1. The largest absolute Gasteiger partial charge is 0.507 e. The molecule has 1 aromatic rings. The van der Waals surface area contributed by atoms with Crippen molar-refractivity contribution in [3.8, 4) is 5.75 Å². The Labute approximate surface area is 78.9 Å². The first kappa shape index (κ1) is 10.2. The predicted octanol–water partition coefficient (Wildman–Crippen LogP) is 1.13. The van der Waals surface area contributed by atoms with Crippen LogP contribution in [0.4, 0.5) is 4.39 Å². The molecule has 0 heterocycles. The van der Waals surface area contributed by atoms with E-state index in [0.717, 1.165) is 19.2 Å². The lowest BCUT2D eigenvalue weighted by Crippen LogP contribution is -2.06. The lowest BCUT2D eigenvalue weighted by atomic mass is 10.1. The second-order valence-electron chi connectivity index (χ2n) is 2.47. The summed E-state index contributed by atoms with van der Waals surface area (Å²) in [6, 6.07) is 2.10. The van der Waals surface area contributed by atoms with Crippen LogP contribution < -0.4 is 0 Å². The Balaban J connectivity index is 3.35. The van der Waals surface area contributed by atoms with Gasteiger partial charge in [-0.15, -0.1) is 0 Å². The number of rotatable bonds is 2. The summed E-state index contributed by atoms with van der Waals surface area (Å²) < 4.78 is 17.6. The van der Waals surface area contributed by atoms with Gasteiger partial charge in [0.2, 0.25) is 0 Å². The lowest BCUT2D eigenvalue weighted by Gasteiger charge is -2.03. The fourth-order valence-electron chi connectivity index (χ4n) is 0.962. The molecule has 0 amide bonds. The Bertz CT molecular complexity index is 387. The summed E-state index contributed by atoms with van der Waals surface area (Å²) in [5.74, 6) is -2.48. The number of carbonyl (C=O) groups excluding carboxylic acids is 2. The third-order valence-electron chi connectivity index (χ3n) is 1.68. The minimum atomic E-state index is -1.08. The van der Waals surface area contributed by atoms with Gasteiger partial charge in [-0.05, 0) is 12.1 Å². The topological polar surface area (TPSA) is 63.6 Å². The zero-order valence-corrected chi connectivity index (χ0v) is 7.28. The van der Waals surface area contributed by atoms with Gasteiger partial charge < -0.3 is 9.84 Å². The number of methoxy groups -OCH3 is 1. The van der Waals surface area contributed by atoms with Crippen molar-refractivity contribution < 1.29 is 23.8 Å². The smallest absolute Gasteiger partial charge is 0.340 e. The molecule has 5 heteroatoms.